The van der Waals surface area contributed by atoms with Gasteiger partial charge in [0.25, 0.3) is 0 Å². The Bertz CT molecular complexity index is 498. The number of hydrogen-bond acceptors (Lipinski definition) is 4. The van der Waals surface area contributed by atoms with Gasteiger partial charge in [-0.15, -0.1) is 0 Å². The summed E-state index contributed by atoms with van der Waals surface area (Å²) in [4.78, 5) is 11.4. The second-order valence-corrected chi connectivity index (χ2v) is 7.87. The summed E-state index contributed by atoms with van der Waals surface area (Å²) in [7, 11) is 0. The zero-order chi connectivity index (χ0) is 16.6. The van der Waals surface area contributed by atoms with Crippen molar-refractivity contribution in [3.63, 3.8) is 0 Å². The molecule has 0 unspecified atom stereocenters. The molecule has 0 N–H and O–H groups in total. The van der Waals surface area contributed by atoms with Gasteiger partial charge in [0.15, 0.2) is 18.0 Å². The molecule has 0 radical (unpaired) electrons. The number of alkyl halides is 3. The Hall–Kier alpha value is -0.370. The third-order valence-electron chi connectivity index (χ3n) is 6.48. The highest BCUT2D eigenvalue weighted by Gasteiger charge is 2.71. The quantitative estimate of drug-likeness (QED) is 0.631. The maximum atomic E-state index is 13.4. The normalized spacial score (nSPS) is 56.1. The second-order valence-electron chi connectivity index (χ2n) is 7.87. The van der Waals surface area contributed by atoms with Gasteiger partial charge in [0.1, 0.15) is 0 Å². The van der Waals surface area contributed by atoms with Gasteiger partial charge in [0, 0.05) is 12.3 Å². The third kappa shape index (κ3) is 2.12. The van der Waals surface area contributed by atoms with Crippen molar-refractivity contribution in [3.8, 4) is 0 Å². The summed E-state index contributed by atoms with van der Waals surface area (Å²) >= 11 is 0. The number of fused-ring (bicyclic) bond motifs is 2. The molecule has 132 valence electrons. The molecular formula is C16H23F3O4. The Morgan fingerprint density at radius 3 is 2.43 bits per heavy atom. The van der Waals surface area contributed by atoms with Crippen LogP contribution >= 0.6 is 0 Å². The lowest BCUT2D eigenvalue weighted by atomic mass is 9.57. The SMILES string of the molecule is C[C@H]1[C@H](C(F)(F)F)O[C@@H]2O[C@@]3(C)CC[C@H]4[C@H](C)CC[C@@H]1[C@@]24OO3. The van der Waals surface area contributed by atoms with Gasteiger partial charge in [-0.05, 0) is 43.9 Å². The highest BCUT2D eigenvalue weighted by Crippen LogP contribution is 2.61. The predicted molar refractivity (Wildman–Crippen MR) is 72.9 cm³/mol. The molecule has 1 spiro atoms. The molecule has 23 heavy (non-hydrogen) atoms. The Balaban J connectivity index is 1.79. The van der Waals surface area contributed by atoms with Crippen molar-refractivity contribution in [3.05, 3.63) is 0 Å². The van der Waals surface area contributed by atoms with E-state index in [1.807, 2.05) is 0 Å². The maximum Gasteiger partial charge on any atom is 0.415 e. The molecule has 5 rings (SSSR count). The van der Waals surface area contributed by atoms with Crippen molar-refractivity contribution < 1.29 is 32.4 Å². The van der Waals surface area contributed by atoms with Crippen LogP contribution in [0.3, 0.4) is 0 Å². The summed E-state index contributed by atoms with van der Waals surface area (Å²) in [5, 5.41) is 0. The van der Waals surface area contributed by atoms with E-state index in [-0.39, 0.29) is 11.8 Å². The Morgan fingerprint density at radius 2 is 1.74 bits per heavy atom. The van der Waals surface area contributed by atoms with Crippen LogP contribution < -0.4 is 0 Å². The maximum absolute atomic E-state index is 13.4. The molecule has 5 fully saturated rings. The Kier molecular flexibility index (Phi) is 3.39. The fraction of sp³-hybridized carbons (Fsp3) is 1.00. The number of rotatable bonds is 0. The predicted octanol–water partition coefficient (Wildman–Crippen LogP) is 3.80. The molecule has 0 amide bonds. The van der Waals surface area contributed by atoms with Gasteiger partial charge in [-0.1, -0.05) is 13.8 Å². The van der Waals surface area contributed by atoms with Gasteiger partial charge < -0.3 is 9.47 Å². The van der Waals surface area contributed by atoms with E-state index < -0.39 is 35.9 Å². The monoisotopic (exact) mass is 336 g/mol. The van der Waals surface area contributed by atoms with Gasteiger partial charge >= 0.3 is 6.18 Å². The summed E-state index contributed by atoms with van der Waals surface area (Å²) in [5.74, 6) is -1.56. The fourth-order valence-electron chi connectivity index (χ4n) is 5.28. The van der Waals surface area contributed by atoms with Crippen LogP contribution in [0.4, 0.5) is 13.2 Å². The van der Waals surface area contributed by atoms with Crippen LogP contribution in [0.2, 0.25) is 0 Å². The minimum absolute atomic E-state index is 0.0900. The standard InChI is InChI=1S/C16H23F3O4/c1-8-4-5-11-9(2)12(16(17,18)19)20-13-15(11)10(8)6-7-14(3,21-13)22-23-15/h8-13H,4-7H2,1-3H3/t8-,9-,10+,11+,12-,13-,14-,15-/m1/s1. The van der Waals surface area contributed by atoms with Crippen molar-refractivity contribution in [2.75, 3.05) is 0 Å². The Labute approximate surface area is 133 Å². The number of ether oxygens (including phenoxy) is 2. The summed E-state index contributed by atoms with van der Waals surface area (Å²) in [6.07, 6.45) is -4.25. The van der Waals surface area contributed by atoms with Crippen molar-refractivity contribution in [1.29, 1.82) is 0 Å². The van der Waals surface area contributed by atoms with Gasteiger partial charge in [-0.2, -0.15) is 13.2 Å². The molecule has 4 saturated heterocycles. The van der Waals surface area contributed by atoms with Crippen LogP contribution in [0, 0.1) is 23.7 Å². The van der Waals surface area contributed by atoms with E-state index in [0.29, 0.717) is 18.8 Å². The van der Waals surface area contributed by atoms with Gasteiger partial charge in [0.05, 0.1) is 0 Å². The van der Waals surface area contributed by atoms with Crippen LogP contribution in [0.15, 0.2) is 0 Å². The van der Waals surface area contributed by atoms with Crippen molar-refractivity contribution in [2.45, 2.75) is 76.4 Å². The average Bonchev–Trinajstić information content (AvgIpc) is 2.68. The number of hydrogen-bond donors (Lipinski definition) is 0. The van der Waals surface area contributed by atoms with Gasteiger partial charge in [-0.25, -0.2) is 9.78 Å². The van der Waals surface area contributed by atoms with Crippen molar-refractivity contribution in [1.82, 2.24) is 0 Å². The summed E-state index contributed by atoms with van der Waals surface area (Å²) in [6.45, 7) is 5.46. The second kappa shape index (κ2) is 4.84. The first kappa shape index (κ1) is 16.1. The zero-order valence-electron chi connectivity index (χ0n) is 13.6. The zero-order valence-corrected chi connectivity index (χ0v) is 13.6. The molecule has 0 aromatic rings. The molecule has 7 heteroatoms. The lowest BCUT2D eigenvalue weighted by Gasteiger charge is -2.60. The minimum atomic E-state index is -4.41. The van der Waals surface area contributed by atoms with E-state index in [2.05, 4.69) is 6.92 Å². The molecule has 4 aliphatic heterocycles. The van der Waals surface area contributed by atoms with E-state index in [1.165, 1.54) is 0 Å². The molecule has 4 nitrogen and oxygen atoms in total. The summed E-state index contributed by atoms with van der Waals surface area (Å²) in [6, 6.07) is 0. The highest BCUT2D eigenvalue weighted by molar-refractivity contribution is 5.10. The minimum Gasteiger partial charge on any atom is -0.336 e. The van der Waals surface area contributed by atoms with Crippen LogP contribution in [0.25, 0.3) is 0 Å². The van der Waals surface area contributed by atoms with Crippen LogP contribution in [0.5, 0.6) is 0 Å². The van der Waals surface area contributed by atoms with Crippen molar-refractivity contribution in [2.24, 2.45) is 23.7 Å². The first-order valence-electron chi connectivity index (χ1n) is 8.44. The smallest absolute Gasteiger partial charge is 0.336 e. The topological polar surface area (TPSA) is 36.9 Å². The first-order chi connectivity index (χ1) is 10.7. The third-order valence-corrected chi connectivity index (χ3v) is 6.48. The van der Waals surface area contributed by atoms with E-state index in [9.17, 15) is 13.2 Å². The summed E-state index contributed by atoms with van der Waals surface area (Å²) in [5.41, 5.74) is -0.922. The number of halogens is 3. The van der Waals surface area contributed by atoms with Crippen molar-refractivity contribution >= 4 is 0 Å². The van der Waals surface area contributed by atoms with Gasteiger partial charge in [0.2, 0.25) is 5.79 Å². The van der Waals surface area contributed by atoms with E-state index in [0.717, 1.165) is 12.8 Å². The Morgan fingerprint density at radius 1 is 1.00 bits per heavy atom. The lowest BCUT2D eigenvalue weighted by Crippen LogP contribution is -2.71. The van der Waals surface area contributed by atoms with Gasteiger partial charge in [-0.3, -0.25) is 0 Å². The molecule has 8 atom stereocenters. The summed E-state index contributed by atoms with van der Waals surface area (Å²) < 4.78 is 51.7. The lowest BCUT2D eigenvalue weighted by molar-refractivity contribution is -0.575. The molecule has 4 heterocycles. The first-order valence-corrected chi connectivity index (χ1v) is 8.44. The van der Waals surface area contributed by atoms with E-state index in [1.54, 1.807) is 13.8 Å². The molecule has 1 saturated carbocycles. The molecule has 1 aliphatic carbocycles. The molecule has 0 aromatic carbocycles. The van der Waals surface area contributed by atoms with Crippen LogP contribution in [-0.4, -0.2) is 30.0 Å². The molecular weight excluding hydrogens is 313 g/mol. The van der Waals surface area contributed by atoms with Crippen LogP contribution in [-0.2, 0) is 19.2 Å². The molecule has 0 aromatic heterocycles. The van der Waals surface area contributed by atoms with Crippen LogP contribution in [0.1, 0.15) is 46.5 Å². The largest absolute Gasteiger partial charge is 0.415 e. The molecule has 5 aliphatic rings. The molecule has 2 bridgehead atoms. The fourth-order valence-corrected chi connectivity index (χ4v) is 5.28. The van der Waals surface area contributed by atoms with E-state index >= 15 is 0 Å². The average molecular weight is 336 g/mol. The highest BCUT2D eigenvalue weighted by atomic mass is 19.4. The van der Waals surface area contributed by atoms with E-state index in [4.69, 9.17) is 19.2 Å².